The molecule has 4 atom stereocenters. The maximum atomic E-state index is 15.1. The van der Waals surface area contributed by atoms with Gasteiger partial charge in [-0.05, 0) is 49.5 Å². The van der Waals surface area contributed by atoms with Crippen molar-refractivity contribution in [1.82, 2.24) is 25.1 Å². The van der Waals surface area contributed by atoms with E-state index in [0.29, 0.717) is 28.0 Å². The van der Waals surface area contributed by atoms with Crippen LogP contribution in [0.25, 0.3) is 22.6 Å². The van der Waals surface area contributed by atoms with E-state index >= 15 is 4.39 Å². The Morgan fingerprint density at radius 3 is 2.71 bits per heavy atom. The second-order valence-electron chi connectivity index (χ2n) is 9.08. The molecule has 5 rings (SSSR count). The molecule has 1 aromatic carbocycles. The van der Waals surface area contributed by atoms with Crippen LogP contribution in [0.3, 0.4) is 0 Å². The summed E-state index contributed by atoms with van der Waals surface area (Å²) in [6, 6.07) is 4.43. The Hall–Kier alpha value is -2.88. The van der Waals surface area contributed by atoms with Gasteiger partial charge in [0.1, 0.15) is 17.6 Å². The van der Waals surface area contributed by atoms with Gasteiger partial charge >= 0.3 is 0 Å². The minimum absolute atomic E-state index is 0.107. The maximum absolute atomic E-state index is 15.1. The number of aromatic hydroxyl groups is 1. The molecule has 10 heteroatoms. The van der Waals surface area contributed by atoms with Crippen LogP contribution in [0, 0.1) is 17.7 Å². The number of nitrogens with zero attached hydrogens (tertiary/aromatic N) is 6. The highest BCUT2D eigenvalue weighted by Crippen LogP contribution is 2.43. The van der Waals surface area contributed by atoms with E-state index in [9.17, 15) is 9.50 Å². The standard InChI is InChI=1S/C24H26F2N6OS/c1-32(18-9-13-4-3-5-14(8-13)21(18)26)20-12-27-23(31-30-20)16-7-6-15(10-19(16)33)22-17(25)11-28-24(29-22)34-2/h6-7,10-14,18,21,33H,3-5,8-9H2,1-2H3/t13-,14+,18+,21-/m1/s1. The number of hydrogen-bond acceptors (Lipinski definition) is 8. The summed E-state index contributed by atoms with van der Waals surface area (Å²) in [6.45, 7) is 0. The first kappa shape index (κ1) is 22.9. The zero-order valence-corrected chi connectivity index (χ0v) is 19.8. The summed E-state index contributed by atoms with van der Waals surface area (Å²) >= 11 is 1.30. The van der Waals surface area contributed by atoms with Crippen molar-refractivity contribution in [2.24, 2.45) is 11.8 Å². The van der Waals surface area contributed by atoms with Crippen LogP contribution in [0.15, 0.2) is 35.7 Å². The molecule has 0 saturated heterocycles. The molecule has 2 heterocycles. The number of rotatable bonds is 5. The van der Waals surface area contributed by atoms with Gasteiger partial charge in [0.25, 0.3) is 0 Å². The third kappa shape index (κ3) is 4.31. The first-order valence-corrected chi connectivity index (χ1v) is 12.6. The third-order valence-electron chi connectivity index (χ3n) is 7.04. The molecule has 2 saturated carbocycles. The molecule has 3 aromatic rings. The molecule has 2 fully saturated rings. The third-order valence-corrected chi connectivity index (χ3v) is 7.60. The Kier molecular flexibility index (Phi) is 6.33. The molecule has 0 unspecified atom stereocenters. The number of thioether (sulfide) groups is 1. The number of phenolic OH excluding ortho intramolecular Hbond substituents is 1. The van der Waals surface area contributed by atoms with Crippen LogP contribution in [0.5, 0.6) is 5.75 Å². The van der Waals surface area contributed by atoms with Gasteiger partial charge < -0.3 is 10.0 Å². The largest absolute Gasteiger partial charge is 0.507 e. The van der Waals surface area contributed by atoms with Gasteiger partial charge in [0.2, 0.25) is 0 Å². The highest BCUT2D eigenvalue weighted by molar-refractivity contribution is 7.98. The molecule has 178 valence electrons. The fourth-order valence-electron chi connectivity index (χ4n) is 5.24. The molecule has 34 heavy (non-hydrogen) atoms. The van der Waals surface area contributed by atoms with Crippen LogP contribution in [0.1, 0.15) is 32.1 Å². The van der Waals surface area contributed by atoms with Gasteiger partial charge in [-0.1, -0.05) is 30.7 Å². The topological polar surface area (TPSA) is 87.9 Å². The zero-order chi connectivity index (χ0) is 23.8. The predicted octanol–water partition coefficient (Wildman–Crippen LogP) is 4.92. The number of aromatic nitrogens is 5. The molecular weight excluding hydrogens is 458 g/mol. The Morgan fingerprint density at radius 2 is 1.97 bits per heavy atom. The van der Waals surface area contributed by atoms with Crippen molar-refractivity contribution < 1.29 is 13.9 Å². The van der Waals surface area contributed by atoms with E-state index in [1.807, 2.05) is 11.9 Å². The van der Waals surface area contributed by atoms with Gasteiger partial charge in [-0.15, -0.1) is 10.2 Å². The van der Waals surface area contributed by atoms with Crippen molar-refractivity contribution in [1.29, 1.82) is 0 Å². The molecule has 0 aliphatic heterocycles. The molecule has 2 aliphatic rings. The summed E-state index contributed by atoms with van der Waals surface area (Å²) < 4.78 is 29.4. The monoisotopic (exact) mass is 484 g/mol. The zero-order valence-electron chi connectivity index (χ0n) is 19.0. The van der Waals surface area contributed by atoms with Gasteiger partial charge in [0.05, 0.1) is 24.0 Å². The highest BCUT2D eigenvalue weighted by atomic mass is 32.2. The molecule has 2 aliphatic carbocycles. The minimum atomic E-state index is -0.881. The molecule has 0 amide bonds. The predicted molar refractivity (Wildman–Crippen MR) is 127 cm³/mol. The molecular formula is C24H26F2N6OS. The summed E-state index contributed by atoms with van der Waals surface area (Å²) in [6.07, 6.45) is 8.64. The molecule has 0 spiro atoms. The second-order valence-corrected chi connectivity index (χ2v) is 9.85. The van der Waals surface area contributed by atoms with E-state index in [2.05, 4.69) is 25.1 Å². The number of anilines is 1. The lowest BCUT2D eigenvalue weighted by molar-refractivity contribution is 0.0656. The number of halogens is 2. The fraction of sp³-hybridized carbons (Fsp3) is 0.458. The van der Waals surface area contributed by atoms with Crippen LogP contribution in [-0.2, 0) is 0 Å². The van der Waals surface area contributed by atoms with Gasteiger partial charge in [0, 0.05) is 12.6 Å². The van der Waals surface area contributed by atoms with Crippen LogP contribution in [0.2, 0.25) is 0 Å². The summed E-state index contributed by atoms with van der Waals surface area (Å²) in [5.41, 5.74) is 0.883. The van der Waals surface area contributed by atoms with Crippen molar-refractivity contribution in [2.75, 3.05) is 18.2 Å². The summed E-state index contributed by atoms with van der Waals surface area (Å²) in [5.74, 6) is 0.732. The van der Waals surface area contributed by atoms with E-state index in [-0.39, 0.29) is 29.2 Å². The lowest BCUT2D eigenvalue weighted by Gasteiger charge is -2.45. The van der Waals surface area contributed by atoms with Gasteiger partial charge in [-0.25, -0.2) is 23.7 Å². The number of fused-ring (bicyclic) bond motifs is 2. The van der Waals surface area contributed by atoms with Gasteiger partial charge in [-0.2, -0.15) is 0 Å². The molecule has 1 N–H and O–H groups in total. The Balaban J connectivity index is 1.36. The van der Waals surface area contributed by atoms with Crippen LogP contribution in [-0.4, -0.2) is 55.8 Å². The normalized spacial score (nSPS) is 24.1. The van der Waals surface area contributed by atoms with Crippen molar-refractivity contribution in [3.8, 4) is 28.4 Å². The second kappa shape index (κ2) is 9.40. The number of benzene rings is 1. The minimum Gasteiger partial charge on any atom is -0.507 e. The molecule has 7 nitrogen and oxygen atoms in total. The average molecular weight is 485 g/mol. The quantitative estimate of drug-likeness (QED) is 0.404. The molecule has 2 aromatic heterocycles. The van der Waals surface area contributed by atoms with E-state index in [1.165, 1.54) is 24.2 Å². The Labute approximate surface area is 201 Å². The molecule has 0 radical (unpaired) electrons. The lowest BCUT2D eigenvalue weighted by atomic mass is 9.69. The van der Waals surface area contributed by atoms with Gasteiger partial charge in [-0.3, -0.25) is 0 Å². The highest BCUT2D eigenvalue weighted by Gasteiger charge is 2.42. The lowest BCUT2D eigenvalue weighted by Crippen LogP contribution is -2.49. The number of phenols is 1. The average Bonchev–Trinajstić information content (AvgIpc) is 2.86. The number of hydrogen-bond donors (Lipinski definition) is 1. The summed E-state index contributed by atoms with van der Waals surface area (Å²) in [5, 5.41) is 19.5. The van der Waals surface area contributed by atoms with Crippen LogP contribution < -0.4 is 4.90 Å². The summed E-state index contributed by atoms with van der Waals surface area (Å²) in [7, 11) is 1.84. The van der Waals surface area contributed by atoms with E-state index in [4.69, 9.17) is 0 Å². The van der Waals surface area contributed by atoms with Crippen molar-refractivity contribution >= 4 is 17.6 Å². The fourth-order valence-corrected chi connectivity index (χ4v) is 5.58. The van der Waals surface area contributed by atoms with Crippen LogP contribution in [0.4, 0.5) is 14.6 Å². The first-order chi connectivity index (χ1) is 16.4. The molecule has 2 bridgehead atoms. The Morgan fingerprint density at radius 1 is 1.12 bits per heavy atom. The van der Waals surface area contributed by atoms with E-state index in [0.717, 1.165) is 31.9 Å². The maximum Gasteiger partial charge on any atom is 0.187 e. The SMILES string of the molecule is CSc1ncc(F)c(-c2ccc(-c3ncc(N(C)[C@H]4C[C@@H]5CCC[C@@H](C5)[C@H]4F)nn3)c(O)c2)n1. The van der Waals surface area contributed by atoms with Crippen molar-refractivity contribution in [3.05, 3.63) is 36.4 Å². The first-order valence-electron chi connectivity index (χ1n) is 11.4. The summed E-state index contributed by atoms with van der Waals surface area (Å²) in [4.78, 5) is 14.3. The van der Waals surface area contributed by atoms with E-state index in [1.54, 1.807) is 24.6 Å². The number of alkyl halides is 1. The van der Waals surface area contributed by atoms with E-state index < -0.39 is 12.0 Å². The van der Waals surface area contributed by atoms with Gasteiger partial charge in [0.15, 0.2) is 22.6 Å². The van der Waals surface area contributed by atoms with Crippen LogP contribution >= 0.6 is 11.8 Å². The smallest absolute Gasteiger partial charge is 0.187 e. The van der Waals surface area contributed by atoms with Crippen molar-refractivity contribution in [2.45, 2.75) is 49.5 Å². The van der Waals surface area contributed by atoms with Crippen molar-refractivity contribution in [3.63, 3.8) is 0 Å². The Bertz CT molecular complexity index is 1180.